The molecule has 4 heteroatoms. The lowest BCUT2D eigenvalue weighted by molar-refractivity contribution is 1.23. The van der Waals surface area contributed by atoms with Gasteiger partial charge in [0.2, 0.25) is 0 Å². The van der Waals surface area contributed by atoms with Crippen LogP contribution in [0.25, 0.3) is 43.8 Å². The molecule has 0 unspecified atom stereocenters. The molecule has 0 aromatic heterocycles. The van der Waals surface area contributed by atoms with Crippen LogP contribution in [-0.4, -0.2) is 0 Å². The van der Waals surface area contributed by atoms with Gasteiger partial charge >= 0.3 is 0 Å². The normalized spacial score (nSPS) is 11.2. The van der Waals surface area contributed by atoms with Crippen LogP contribution < -0.4 is 19.6 Å². The summed E-state index contributed by atoms with van der Waals surface area (Å²) in [5, 5.41) is 4.96. The molecule has 0 radical (unpaired) electrons. The lowest BCUT2D eigenvalue weighted by Gasteiger charge is -2.30. The van der Waals surface area contributed by atoms with Crippen molar-refractivity contribution in [2.75, 3.05) is 19.6 Å². The van der Waals surface area contributed by atoms with E-state index < -0.39 is 0 Å². The predicted molar refractivity (Wildman–Crippen MR) is 355 cm³/mol. The number of anilines is 12. The van der Waals surface area contributed by atoms with Crippen molar-refractivity contribution in [3.8, 4) is 22.3 Å². The van der Waals surface area contributed by atoms with Crippen LogP contribution in [0.15, 0.2) is 297 Å². The Morgan fingerprint density at radius 1 is 0.193 bits per heavy atom. The van der Waals surface area contributed by atoms with Crippen molar-refractivity contribution in [1.29, 1.82) is 0 Å². The lowest BCUT2D eigenvalue weighted by atomic mass is 9.82. The average molecular weight is 1070 g/mol. The Morgan fingerprint density at radius 3 is 0.771 bits per heavy atom. The number of aryl methyl sites for hydroxylation is 5. The minimum atomic E-state index is 1.09. The van der Waals surface area contributed by atoms with Crippen LogP contribution in [0.5, 0.6) is 0 Å². The number of hydrogen-bond acceptors (Lipinski definition) is 4. The third-order valence-electron chi connectivity index (χ3n) is 16.1. The molecule has 0 aliphatic carbocycles. The fourth-order valence-corrected chi connectivity index (χ4v) is 12.2. The van der Waals surface area contributed by atoms with Gasteiger partial charge in [-0.2, -0.15) is 0 Å². The Bertz CT molecular complexity index is 4320. The van der Waals surface area contributed by atoms with Crippen LogP contribution in [0.4, 0.5) is 68.2 Å². The van der Waals surface area contributed by atoms with Gasteiger partial charge in [0.25, 0.3) is 0 Å². The van der Waals surface area contributed by atoms with Gasteiger partial charge in [-0.3, -0.25) is 0 Å². The van der Waals surface area contributed by atoms with Gasteiger partial charge in [0, 0.05) is 68.2 Å². The van der Waals surface area contributed by atoms with Crippen molar-refractivity contribution in [1.82, 2.24) is 0 Å². The van der Waals surface area contributed by atoms with Gasteiger partial charge in [-0.15, -0.1) is 0 Å². The molecule has 0 aliphatic heterocycles. The number of fused-ring (bicyclic) bond motifs is 2. The van der Waals surface area contributed by atoms with Gasteiger partial charge in [-0.05, 0) is 246 Å². The summed E-state index contributed by atoms with van der Waals surface area (Å²) in [5.74, 6) is 0. The van der Waals surface area contributed by atoms with Crippen molar-refractivity contribution >= 4 is 89.8 Å². The Kier molecular flexibility index (Phi) is 14.2. The van der Waals surface area contributed by atoms with Gasteiger partial charge in [-0.25, -0.2) is 0 Å². The summed E-state index contributed by atoms with van der Waals surface area (Å²) in [6, 6.07) is 108. The molecule has 0 heterocycles. The maximum atomic E-state index is 2.43. The standard InChI is InChI=1S/C79H64N4/c1-55-40-49-72-75(50-55)79(74-52-59(5)77(54-57(74)3)83(65-36-22-11-23-37-65)69-47-43-67(44-48-69)81(62-30-16-8-17-31-62)63-32-18-9-19-33-63)71-39-25-24-38-70(71)78(72)73-51-58(4)76(53-56(73)2)82(64-34-20-10-21-35-64)68-45-41-66(42-46-68)80(60-26-12-6-13-27-60)61-28-14-7-15-29-61/h6-54H,1-5H3. The van der Waals surface area contributed by atoms with Gasteiger partial charge in [0.15, 0.2) is 0 Å². The maximum Gasteiger partial charge on any atom is 0.0493 e. The molecule has 83 heavy (non-hydrogen) atoms. The van der Waals surface area contributed by atoms with Crippen LogP contribution in [0.2, 0.25) is 0 Å². The van der Waals surface area contributed by atoms with Crippen LogP contribution in [-0.2, 0) is 0 Å². The highest BCUT2D eigenvalue weighted by Gasteiger charge is 2.25. The molecule has 0 atom stereocenters. The quantitative estimate of drug-likeness (QED) is 0.101. The van der Waals surface area contributed by atoms with E-state index in [1.54, 1.807) is 0 Å². The third-order valence-corrected chi connectivity index (χ3v) is 16.1. The first kappa shape index (κ1) is 52.0. The largest absolute Gasteiger partial charge is 0.311 e. The summed E-state index contributed by atoms with van der Waals surface area (Å²) in [5.41, 5.74) is 24.3. The summed E-state index contributed by atoms with van der Waals surface area (Å²) in [6.45, 7) is 11.3. The summed E-state index contributed by atoms with van der Waals surface area (Å²) < 4.78 is 0. The van der Waals surface area contributed by atoms with Crippen molar-refractivity contribution in [2.45, 2.75) is 34.6 Å². The highest BCUT2D eigenvalue weighted by atomic mass is 15.2. The monoisotopic (exact) mass is 1070 g/mol. The van der Waals surface area contributed by atoms with E-state index in [9.17, 15) is 0 Å². The van der Waals surface area contributed by atoms with Gasteiger partial charge in [-0.1, -0.05) is 157 Å². The Labute approximate surface area is 488 Å². The molecule has 0 spiro atoms. The van der Waals surface area contributed by atoms with Crippen LogP contribution >= 0.6 is 0 Å². The topological polar surface area (TPSA) is 13.0 Å². The minimum absolute atomic E-state index is 1.09. The Hall–Kier alpha value is -10.4. The zero-order chi connectivity index (χ0) is 56.4. The van der Waals surface area contributed by atoms with Crippen LogP contribution in [0.3, 0.4) is 0 Å². The molecule has 0 aliphatic rings. The van der Waals surface area contributed by atoms with Gasteiger partial charge in [0.05, 0.1) is 0 Å². The van der Waals surface area contributed by atoms with E-state index in [4.69, 9.17) is 0 Å². The van der Waals surface area contributed by atoms with Crippen molar-refractivity contribution in [3.05, 3.63) is 325 Å². The molecular formula is C79H64N4. The molecule has 0 bridgehead atoms. The highest BCUT2D eigenvalue weighted by Crippen LogP contribution is 2.50. The maximum absolute atomic E-state index is 2.43. The Morgan fingerprint density at radius 2 is 0.446 bits per heavy atom. The highest BCUT2D eigenvalue weighted by molar-refractivity contribution is 6.22. The zero-order valence-electron chi connectivity index (χ0n) is 47.6. The van der Waals surface area contributed by atoms with Gasteiger partial charge in [0.1, 0.15) is 0 Å². The second kappa shape index (κ2) is 22.6. The smallest absolute Gasteiger partial charge is 0.0493 e. The average Bonchev–Trinajstić information content (AvgIpc) is 2.56. The molecule has 0 saturated carbocycles. The number of benzene rings is 13. The van der Waals surface area contributed by atoms with E-state index in [1.807, 2.05) is 0 Å². The van der Waals surface area contributed by atoms with E-state index in [0.29, 0.717) is 0 Å². The summed E-state index contributed by atoms with van der Waals surface area (Å²) >= 11 is 0. The number of hydrogen-bond donors (Lipinski definition) is 0. The molecule has 0 N–H and O–H groups in total. The summed E-state index contributed by atoms with van der Waals surface area (Å²) in [7, 11) is 0. The SMILES string of the molecule is Cc1ccc2c(-c3cc(C)c(N(c4ccccc4)c4ccc(N(c5ccccc5)c5ccccc5)cc4)cc3C)c3ccccc3c(-c3cc(C)c(N(c4ccccc4)c4ccc(N(c5ccccc5)c5ccccc5)cc4)cc3C)c2c1. The van der Waals surface area contributed by atoms with Crippen molar-refractivity contribution in [3.63, 3.8) is 0 Å². The van der Waals surface area contributed by atoms with Gasteiger partial charge < -0.3 is 19.6 Å². The molecule has 0 fully saturated rings. The molecule has 13 aromatic rings. The second-order valence-electron chi connectivity index (χ2n) is 21.6. The van der Waals surface area contributed by atoms with E-state index >= 15 is 0 Å². The number of nitrogens with zero attached hydrogens (tertiary/aromatic N) is 4. The molecule has 400 valence electrons. The third kappa shape index (κ3) is 10.1. The zero-order valence-corrected chi connectivity index (χ0v) is 47.6. The summed E-state index contributed by atoms with van der Waals surface area (Å²) in [6.07, 6.45) is 0. The van der Waals surface area contributed by atoms with Crippen LogP contribution in [0.1, 0.15) is 27.8 Å². The van der Waals surface area contributed by atoms with Crippen LogP contribution in [0, 0.1) is 34.6 Å². The minimum Gasteiger partial charge on any atom is -0.311 e. The molecule has 0 saturated heterocycles. The molecule has 4 nitrogen and oxygen atoms in total. The van der Waals surface area contributed by atoms with E-state index in [2.05, 4.69) is 351 Å². The van der Waals surface area contributed by atoms with E-state index in [1.165, 1.54) is 71.6 Å². The Balaban J connectivity index is 0.906. The van der Waals surface area contributed by atoms with E-state index in [-0.39, 0.29) is 0 Å². The fraction of sp³-hybridized carbons (Fsp3) is 0.0633. The predicted octanol–water partition coefficient (Wildman–Crippen LogP) is 22.7. The van der Waals surface area contributed by atoms with E-state index in [0.717, 1.165) is 68.2 Å². The second-order valence-corrected chi connectivity index (χ2v) is 21.6. The first-order valence-electron chi connectivity index (χ1n) is 28.7. The molecule has 13 rings (SSSR count). The first-order chi connectivity index (χ1) is 40.8. The van der Waals surface area contributed by atoms with Crippen molar-refractivity contribution in [2.24, 2.45) is 0 Å². The fourth-order valence-electron chi connectivity index (χ4n) is 12.2. The molecule has 13 aromatic carbocycles. The summed E-state index contributed by atoms with van der Waals surface area (Å²) in [4.78, 5) is 9.44. The number of para-hydroxylation sites is 6. The molecular weight excluding hydrogens is 1000 g/mol. The van der Waals surface area contributed by atoms with Crippen molar-refractivity contribution < 1.29 is 0 Å². The first-order valence-corrected chi connectivity index (χ1v) is 28.7. The number of rotatable bonds is 14. The molecule has 0 amide bonds. The lowest BCUT2D eigenvalue weighted by Crippen LogP contribution is -2.13.